The van der Waals surface area contributed by atoms with Crippen molar-refractivity contribution in [1.29, 1.82) is 0 Å². The smallest absolute Gasteiger partial charge is 0.268 e. The third kappa shape index (κ3) is 4.40. The summed E-state index contributed by atoms with van der Waals surface area (Å²) in [4.78, 5) is 22.8. The highest BCUT2D eigenvalue weighted by Gasteiger charge is 2.17. The third-order valence-corrected chi connectivity index (χ3v) is 4.99. The Labute approximate surface area is 188 Å². The molecule has 8 heteroatoms. The van der Waals surface area contributed by atoms with Crippen LogP contribution >= 0.6 is 0 Å². The summed E-state index contributed by atoms with van der Waals surface area (Å²) < 4.78 is 5.90. The lowest BCUT2D eigenvalue weighted by Crippen LogP contribution is -2.21. The lowest BCUT2D eigenvalue weighted by Gasteiger charge is -2.10. The molecule has 4 rings (SSSR count). The van der Waals surface area contributed by atoms with Crippen molar-refractivity contribution < 1.29 is 17.2 Å². The van der Waals surface area contributed by atoms with Crippen LogP contribution in [0.2, 0.25) is 0 Å². The molecular weight excluding hydrogens is 406 g/mol. The quantitative estimate of drug-likeness (QED) is 0.492. The molecule has 0 unspecified atom stereocenters. The minimum absolute atomic E-state index is 0. The summed E-state index contributed by atoms with van der Waals surface area (Å²) in [5.74, 6) is 0.588. The third-order valence-electron chi connectivity index (χ3n) is 4.99. The van der Waals surface area contributed by atoms with Crippen molar-refractivity contribution in [3.05, 3.63) is 71.5 Å². The van der Waals surface area contributed by atoms with Crippen molar-refractivity contribution >= 4 is 5.91 Å². The average Bonchev–Trinajstić information content (AvgIpc) is 3.29. The number of amides is 1. The van der Waals surface area contributed by atoms with Gasteiger partial charge in [0, 0.05) is 40.2 Å². The number of aromatic nitrogens is 4. The molecule has 32 heavy (non-hydrogen) atoms. The maximum absolute atomic E-state index is 12.1. The van der Waals surface area contributed by atoms with E-state index < -0.39 is 0 Å². The van der Waals surface area contributed by atoms with Gasteiger partial charge in [-0.3, -0.25) is 9.78 Å². The second kappa shape index (κ2) is 9.07. The molecule has 0 spiro atoms. The van der Waals surface area contributed by atoms with Crippen LogP contribution in [-0.4, -0.2) is 56.8 Å². The highest BCUT2D eigenvalue weighted by molar-refractivity contribution is 5.94. The van der Waals surface area contributed by atoms with Crippen LogP contribution in [0.1, 0.15) is 24.5 Å². The molecule has 8 nitrogen and oxygen atoms in total. The van der Waals surface area contributed by atoms with Gasteiger partial charge in [-0.05, 0) is 43.2 Å². The van der Waals surface area contributed by atoms with Crippen LogP contribution in [0.25, 0.3) is 34.3 Å². The summed E-state index contributed by atoms with van der Waals surface area (Å²) in [5, 5.41) is 17.5. The number of carbonyl (C=O) groups is 1. The lowest BCUT2D eigenvalue weighted by atomic mass is 10.1. The zero-order valence-electron chi connectivity index (χ0n) is 18.1. The SMILES string of the molecule is Cc1ncc(-c2ccc(C(=O)N(C)C)cc2)nc1-c1nnc(-c2cccc(CCO)c2)o1.[HH].[HH]. The molecule has 0 radical (unpaired) electrons. The van der Waals surface area contributed by atoms with E-state index >= 15 is 0 Å². The number of nitrogens with zero attached hydrogens (tertiary/aromatic N) is 5. The van der Waals surface area contributed by atoms with Gasteiger partial charge in [0.05, 0.1) is 17.6 Å². The molecule has 0 aliphatic carbocycles. The fraction of sp³-hybridized carbons (Fsp3) is 0.208. The van der Waals surface area contributed by atoms with E-state index in [1.54, 1.807) is 32.4 Å². The van der Waals surface area contributed by atoms with Crippen LogP contribution in [0.5, 0.6) is 0 Å². The van der Waals surface area contributed by atoms with Gasteiger partial charge in [0.1, 0.15) is 5.69 Å². The summed E-state index contributed by atoms with van der Waals surface area (Å²) in [6.45, 7) is 1.90. The summed E-state index contributed by atoms with van der Waals surface area (Å²) in [6, 6.07) is 14.8. The van der Waals surface area contributed by atoms with Gasteiger partial charge in [-0.15, -0.1) is 10.2 Å². The molecular formula is C24H27N5O3. The second-order valence-electron chi connectivity index (χ2n) is 7.55. The monoisotopic (exact) mass is 433 g/mol. The summed E-state index contributed by atoms with van der Waals surface area (Å²) in [7, 11) is 3.44. The lowest BCUT2D eigenvalue weighted by molar-refractivity contribution is 0.0827. The summed E-state index contributed by atoms with van der Waals surface area (Å²) in [5.41, 5.74) is 4.99. The van der Waals surface area contributed by atoms with Crippen LogP contribution in [0.4, 0.5) is 0 Å². The van der Waals surface area contributed by atoms with Crippen LogP contribution in [-0.2, 0) is 6.42 Å². The Morgan fingerprint density at radius 3 is 2.53 bits per heavy atom. The first-order valence-electron chi connectivity index (χ1n) is 10.2. The van der Waals surface area contributed by atoms with E-state index in [-0.39, 0.29) is 21.3 Å². The molecule has 2 aromatic carbocycles. The molecule has 1 N–H and O–H groups in total. The number of aliphatic hydroxyl groups excluding tert-OH is 1. The Kier molecular flexibility index (Phi) is 6.04. The maximum Gasteiger partial charge on any atom is 0.268 e. The fourth-order valence-electron chi connectivity index (χ4n) is 3.26. The molecule has 166 valence electrons. The molecule has 0 aliphatic rings. The number of rotatable bonds is 6. The molecule has 0 bridgehead atoms. The number of hydrogen-bond donors (Lipinski definition) is 1. The molecule has 2 aromatic heterocycles. The van der Waals surface area contributed by atoms with Gasteiger partial charge < -0.3 is 14.4 Å². The standard InChI is InChI=1S/C24H23N5O3.2H2/c1-15-21(23-28-27-22(32-23)19-6-4-5-16(13-19)11-12-30)26-20(14-25-15)17-7-9-18(10-8-17)24(31)29(2)3;;/h4-10,13-14,30H,11-12H2,1-3H3;2*1H. The summed E-state index contributed by atoms with van der Waals surface area (Å²) >= 11 is 0. The van der Waals surface area contributed by atoms with Crippen molar-refractivity contribution in [2.24, 2.45) is 0 Å². The van der Waals surface area contributed by atoms with Gasteiger partial charge in [0.15, 0.2) is 0 Å². The van der Waals surface area contributed by atoms with E-state index in [2.05, 4.69) is 20.2 Å². The Hall–Kier alpha value is -3.91. The summed E-state index contributed by atoms with van der Waals surface area (Å²) in [6.07, 6.45) is 2.23. The number of aryl methyl sites for hydroxylation is 1. The van der Waals surface area contributed by atoms with E-state index in [4.69, 9.17) is 9.52 Å². The number of aliphatic hydroxyl groups is 1. The molecule has 0 saturated carbocycles. The van der Waals surface area contributed by atoms with Crippen molar-refractivity contribution in [2.75, 3.05) is 20.7 Å². The minimum atomic E-state index is -0.0614. The maximum atomic E-state index is 12.1. The molecule has 0 saturated heterocycles. The van der Waals surface area contributed by atoms with Gasteiger partial charge in [-0.2, -0.15) is 0 Å². The van der Waals surface area contributed by atoms with Crippen molar-refractivity contribution in [2.45, 2.75) is 13.3 Å². The average molecular weight is 434 g/mol. The molecule has 1 amide bonds. The topological polar surface area (TPSA) is 105 Å². The van der Waals surface area contributed by atoms with Crippen LogP contribution in [0.3, 0.4) is 0 Å². The van der Waals surface area contributed by atoms with E-state index in [1.807, 2.05) is 43.3 Å². The molecule has 0 aliphatic heterocycles. The van der Waals surface area contributed by atoms with E-state index in [9.17, 15) is 4.79 Å². The molecule has 4 aromatic rings. The minimum Gasteiger partial charge on any atom is -0.415 e. The van der Waals surface area contributed by atoms with E-state index in [1.165, 1.54) is 4.90 Å². The second-order valence-corrected chi connectivity index (χ2v) is 7.55. The van der Waals surface area contributed by atoms with Crippen LogP contribution in [0, 0.1) is 6.92 Å². The zero-order valence-corrected chi connectivity index (χ0v) is 18.1. The van der Waals surface area contributed by atoms with Gasteiger partial charge >= 0.3 is 0 Å². The first kappa shape index (κ1) is 21.3. The largest absolute Gasteiger partial charge is 0.415 e. The normalized spacial score (nSPS) is 10.9. The molecule has 0 atom stereocenters. The van der Waals surface area contributed by atoms with Crippen molar-refractivity contribution in [3.63, 3.8) is 0 Å². The van der Waals surface area contributed by atoms with Gasteiger partial charge in [0.25, 0.3) is 11.8 Å². The fourth-order valence-corrected chi connectivity index (χ4v) is 3.26. The van der Waals surface area contributed by atoms with E-state index in [0.717, 1.165) is 16.7 Å². The Morgan fingerprint density at radius 2 is 1.81 bits per heavy atom. The highest BCUT2D eigenvalue weighted by atomic mass is 16.4. The van der Waals surface area contributed by atoms with Gasteiger partial charge in [-0.1, -0.05) is 24.3 Å². The van der Waals surface area contributed by atoms with Gasteiger partial charge in [-0.25, -0.2) is 4.98 Å². The number of benzene rings is 2. The Balaban J connectivity index is 0.00000204. The number of carbonyl (C=O) groups excluding carboxylic acids is 1. The number of hydrogen-bond acceptors (Lipinski definition) is 7. The first-order chi connectivity index (χ1) is 15.5. The van der Waals surface area contributed by atoms with Crippen LogP contribution in [0.15, 0.2) is 59.1 Å². The Morgan fingerprint density at radius 1 is 1.06 bits per heavy atom. The van der Waals surface area contributed by atoms with E-state index in [0.29, 0.717) is 35.0 Å². The van der Waals surface area contributed by atoms with Crippen LogP contribution < -0.4 is 0 Å². The van der Waals surface area contributed by atoms with Crippen molar-refractivity contribution in [1.82, 2.24) is 25.1 Å². The first-order valence-corrected chi connectivity index (χ1v) is 10.2. The van der Waals surface area contributed by atoms with Gasteiger partial charge in [0.2, 0.25) is 5.89 Å². The Bertz CT molecular complexity index is 1260. The molecule has 2 heterocycles. The highest BCUT2D eigenvalue weighted by Crippen LogP contribution is 2.27. The predicted octanol–water partition coefficient (Wildman–Crippen LogP) is 3.90. The predicted molar refractivity (Wildman–Crippen MR) is 124 cm³/mol. The van der Waals surface area contributed by atoms with Crippen molar-refractivity contribution in [3.8, 4) is 34.3 Å². The molecule has 0 fully saturated rings. The zero-order chi connectivity index (χ0) is 22.7.